The van der Waals surface area contributed by atoms with Crippen LogP contribution in [0.4, 0.5) is 0 Å². The van der Waals surface area contributed by atoms with Crippen LogP contribution in [0.3, 0.4) is 0 Å². The van der Waals surface area contributed by atoms with Gasteiger partial charge in [-0.1, -0.05) is 11.6 Å². The number of nitrogens with zero attached hydrogens (tertiary/aromatic N) is 4. The van der Waals surface area contributed by atoms with Gasteiger partial charge in [-0.15, -0.1) is 0 Å². The van der Waals surface area contributed by atoms with Crippen molar-refractivity contribution in [2.75, 3.05) is 19.7 Å². The van der Waals surface area contributed by atoms with Gasteiger partial charge in [0.25, 0.3) is 0 Å². The number of aryl methyl sites for hydroxylation is 1. The van der Waals surface area contributed by atoms with E-state index in [9.17, 15) is 9.59 Å². The van der Waals surface area contributed by atoms with E-state index in [0.29, 0.717) is 37.5 Å². The van der Waals surface area contributed by atoms with Crippen molar-refractivity contribution in [3.8, 4) is 11.4 Å². The van der Waals surface area contributed by atoms with Gasteiger partial charge in [-0.2, -0.15) is 4.98 Å². The lowest BCUT2D eigenvalue weighted by Crippen LogP contribution is -2.36. The van der Waals surface area contributed by atoms with Crippen LogP contribution in [0.5, 0.6) is 0 Å². The van der Waals surface area contributed by atoms with E-state index < -0.39 is 0 Å². The zero-order valence-electron chi connectivity index (χ0n) is 14.6. The highest BCUT2D eigenvalue weighted by molar-refractivity contribution is 5.82. The number of aromatic nitrogens is 3. The van der Waals surface area contributed by atoms with Crippen LogP contribution in [0.25, 0.3) is 11.4 Å². The van der Waals surface area contributed by atoms with Crippen LogP contribution in [0.2, 0.25) is 0 Å². The summed E-state index contributed by atoms with van der Waals surface area (Å²) in [6.07, 6.45) is 7.83. The summed E-state index contributed by atoms with van der Waals surface area (Å²) in [7, 11) is 0. The minimum Gasteiger partial charge on any atom is -0.464 e. The number of likely N-dealkylation sites (tertiary alicyclic amines) is 1. The van der Waals surface area contributed by atoms with Crippen LogP contribution >= 0.6 is 0 Å². The third-order valence-corrected chi connectivity index (χ3v) is 4.18. The van der Waals surface area contributed by atoms with Crippen molar-refractivity contribution in [3.63, 3.8) is 0 Å². The van der Waals surface area contributed by atoms with Gasteiger partial charge in [0.1, 0.15) is 6.54 Å². The Morgan fingerprint density at radius 3 is 3.08 bits per heavy atom. The van der Waals surface area contributed by atoms with Crippen molar-refractivity contribution in [2.45, 2.75) is 38.5 Å². The zero-order chi connectivity index (χ0) is 18.2. The van der Waals surface area contributed by atoms with E-state index in [1.165, 1.54) is 0 Å². The molecule has 1 aliphatic rings. The molecule has 8 nitrogen and oxygen atoms in total. The molecule has 0 aromatic carbocycles. The van der Waals surface area contributed by atoms with Crippen molar-refractivity contribution in [3.05, 3.63) is 30.4 Å². The Balaban J connectivity index is 1.38. The van der Waals surface area contributed by atoms with Gasteiger partial charge in [-0.3, -0.25) is 14.6 Å². The summed E-state index contributed by atoms with van der Waals surface area (Å²) < 4.78 is 10.4. The molecule has 1 fully saturated rings. The molecule has 1 saturated heterocycles. The molecule has 0 aliphatic carbocycles. The first-order valence-electron chi connectivity index (χ1n) is 8.89. The molecule has 138 valence electrons. The highest BCUT2D eigenvalue weighted by Crippen LogP contribution is 2.14. The predicted octanol–water partition coefficient (Wildman–Crippen LogP) is 2.01. The van der Waals surface area contributed by atoms with Gasteiger partial charge < -0.3 is 14.2 Å². The molecular weight excluding hydrogens is 336 g/mol. The van der Waals surface area contributed by atoms with Gasteiger partial charge in [-0.05, 0) is 31.4 Å². The third kappa shape index (κ3) is 5.11. The minimum atomic E-state index is -0.373. The first-order valence-corrected chi connectivity index (χ1v) is 8.89. The summed E-state index contributed by atoms with van der Waals surface area (Å²) >= 11 is 0. The smallest absolute Gasteiger partial charge is 0.325 e. The topological polar surface area (TPSA) is 98.4 Å². The van der Waals surface area contributed by atoms with E-state index in [2.05, 4.69) is 15.1 Å². The van der Waals surface area contributed by atoms with Crippen molar-refractivity contribution in [1.29, 1.82) is 0 Å². The summed E-state index contributed by atoms with van der Waals surface area (Å²) in [6.45, 7) is 0.920. The average molecular weight is 358 g/mol. The largest absolute Gasteiger partial charge is 0.464 e. The van der Waals surface area contributed by atoms with Crippen LogP contribution in [0, 0.1) is 0 Å². The van der Waals surface area contributed by atoms with Crippen LogP contribution in [-0.4, -0.2) is 51.6 Å². The molecule has 0 spiro atoms. The molecule has 26 heavy (non-hydrogen) atoms. The molecule has 2 aromatic heterocycles. The molecule has 0 unspecified atom stereocenters. The number of hydrogen-bond donors (Lipinski definition) is 0. The molecule has 0 bridgehead atoms. The third-order valence-electron chi connectivity index (χ3n) is 4.18. The number of pyridine rings is 1. The highest BCUT2D eigenvalue weighted by Gasteiger charge is 2.19. The average Bonchev–Trinajstić information content (AvgIpc) is 3.04. The summed E-state index contributed by atoms with van der Waals surface area (Å²) in [4.78, 5) is 33.7. The number of esters is 1. The number of ether oxygens (including phenoxy) is 1. The number of carbonyl (C=O) groups is 2. The van der Waals surface area contributed by atoms with Gasteiger partial charge in [0, 0.05) is 37.3 Å². The number of hydrogen-bond acceptors (Lipinski definition) is 7. The van der Waals surface area contributed by atoms with E-state index in [-0.39, 0.29) is 25.0 Å². The Morgan fingerprint density at radius 2 is 2.23 bits per heavy atom. The van der Waals surface area contributed by atoms with E-state index in [1.807, 2.05) is 6.07 Å². The molecule has 0 saturated carbocycles. The Labute approximate surface area is 151 Å². The predicted molar refractivity (Wildman–Crippen MR) is 91.9 cm³/mol. The highest BCUT2D eigenvalue weighted by atomic mass is 16.5. The maximum Gasteiger partial charge on any atom is 0.325 e. The maximum atomic E-state index is 11.9. The van der Waals surface area contributed by atoms with Crippen molar-refractivity contribution >= 4 is 11.9 Å². The molecule has 8 heteroatoms. The Kier molecular flexibility index (Phi) is 6.29. The zero-order valence-corrected chi connectivity index (χ0v) is 14.6. The summed E-state index contributed by atoms with van der Waals surface area (Å²) in [5.41, 5.74) is 0.788. The fourth-order valence-corrected chi connectivity index (χ4v) is 2.79. The maximum absolute atomic E-state index is 11.9. The lowest BCUT2D eigenvalue weighted by molar-refractivity contribution is -0.149. The SMILES string of the molecule is O=C(CN1CCCCCC1=O)OCCCc1nc(-c2cccnc2)no1. The van der Waals surface area contributed by atoms with Gasteiger partial charge in [-0.25, -0.2) is 0 Å². The van der Waals surface area contributed by atoms with E-state index in [1.54, 1.807) is 23.4 Å². The number of rotatable bonds is 7. The van der Waals surface area contributed by atoms with Crippen LogP contribution in [0.15, 0.2) is 29.0 Å². The summed E-state index contributed by atoms with van der Waals surface area (Å²) in [5.74, 6) is 0.641. The number of carbonyl (C=O) groups excluding carboxylic acids is 2. The second-order valence-electron chi connectivity index (χ2n) is 6.20. The van der Waals surface area contributed by atoms with Crippen LogP contribution in [-0.2, 0) is 20.7 Å². The minimum absolute atomic E-state index is 0.0323. The Hall–Kier alpha value is -2.77. The van der Waals surface area contributed by atoms with Gasteiger partial charge in [0.15, 0.2) is 0 Å². The lowest BCUT2D eigenvalue weighted by Gasteiger charge is -2.19. The van der Waals surface area contributed by atoms with E-state index in [0.717, 1.165) is 24.8 Å². The van der Waals surface area contributed by atoms with Crippen LogP contribution in [0.1, 0.15) is 38.0 Å². The van der Waals surface area contributed by atoms with Gasteiger partial charge in [0.2, 0.25) is 17.6 Å². The molecule has 1 aliphatic heterocycles. The quantitative estimate of drug-likeness (QED) is 0.551. The molecule has 2 aromatic rings. The van der Waals surface area contributed by atoms with Crippen molar-refractivity contribution < 1.29 is 18.8 Å². The number of amides is 1. The molecule has 3 rings (SSSR count). The molecule has 3 heterocycles. The normalized spacial score (nSPS) is 14.9. The standard InChI is InChI=1S/C18H22N4O4/c23-16-8-2-1-3-10-22(16)13-17(24)25-11-5-7-15-20-18(21-26-15)14-6-4-9-19-12-14/h4,6,9,12H,1-3,5,7-8,10-11,13H2. The fourth-order valence-electron chi connectivity index (χ4n) is 2.79. The molecule has 0 N–H and O–H groups in total. The molecule has 0 atom stereocenters. The van der Waals surface area contributed by atoms with Gasteiger partial charge >= 0.3 is 5.97 Å². The second kappa shape index (κ2) is 9.07. The molecule has 0 radical (unpaired) electrons. The summed E-state index contributed by atoms with van der Waals surface area (Å²) in [5, 5.41) is 3.92. The Morgan fingerprint density at radius 1 is 1.31 bits per heavy atom. The monoisotopic (exact) mass is 358 g/mol. The molecular formula is C18H22N4O4. The van der Waals surface area contributed by atoms with Gasteiger partial charge in [0.05, 0.1) is 6.61 Å². The first kappa shape index (κ1) is 18.0. The fraction of sp³-hybridized carbons (Fsp3) is 0.500. The van der Waals surface area contributed by atoms with E-state index >= 15 is 0 Å². The Bertz CT molecular complexity index is 732. The summed E-state index contributed by atoms with van der Waals surface area (Å²) in [6, 6.07) is 3.66. The van der Waals surface area contributed by atoms with Crippen molar-refractivity contribution in [2.24, 2.45) is 0 Å². The first-order chi connectivity index (χ1) is 12.7. The second-order valence-corrected chi connectivity index (χ2v) is 6.20. The van der Waals surface area contributed by atoms with E-state index in [4.69, 9.17) is 9.26 Å². The van der Waals surface area contributed by atoms with Crippen LogP contribution < -0.4 is 0 Å². The van der Waals surface area contributed by atoms with Crippen molar-refractivity contribution in [1.82, 2.24) is 20.0 Å². The lowest BCUT2D eigenvalue weighted by atomic mass is 10.2. The molecule has 1 amide bonds.